The molecule has 0 saturated carbocycles. The van der Waals surface area contributed by atoms with Crippen molar-refractivity contribution in [2.45, 2.75) is 51.5 Å². The summed E-state index contributed by atoms with van der Waals surface area (Å²) in [6.07, 6.45) is 9.24. The van der Waals surface area contributed by atoms with E-state index in [0.29, 0.717) is 0 Å². The van der Waals surface area contributed by atoms with Crippen LogP contribution in [0.25, 0.3) is 10.9 Å². The Kier molecular flexibility index (Phi) is 4.15. The van der Waals surface area contributed by atoms with Gasteiger partial charge in [-0.25, -0.2) is 0 Å². The topological polar surface area (TPSA) is 8.17 Å². The van der Waals surface area contributed by atoms with E-state index < -0.39 is 0 Å². The third-order valence-corrected chi connectivity index (χ3v) is 5.66. The second kappa shape index (κ2) is 6.25. The maximum Gasteiger partial charge on any atom is 0.0486 e. The standard InChI is InChI=1S/C19H25ClN2/c20-15-8-9-19-17(14-15)16-6-2-1-3-7-18(16)22(19)13-12-21-10-4-5-11-21/h8-9,14H,1-7,10-13H2. The van der Waals surface area contributed by atoms with Crippen LogP contribution in [-0.4, -0.2) is 29.1 Å². The Morgan fingerprint density at radius 1 is 0.909 bits per heavy atom. The zero-order valence-corrected chi connectivity index (χ0v) is 14.0. The van der Waals surface area contributed by atoms with Crippen LogP contribution in [0.5, 0.6) is 0 Å². The van der Waals surface area contributed by atoms with Gasteiger partial charge in [0, 0.05) is 34.7 Å². The second-order valence-electron chi connectivity index (χ2n) is 6.85. The van der Waals surface area contributed by atoms with Crippen molar-refractivity contribution in [2.24, 2.45) is 0 Å². The molecule has 2 nitrogen and oxygen atoms in total. The van der Waals surface area contributed by atoms with Gasteiger partial charge >= 0.3 is 0 Å². The van der Waals surface area contributed by atoms with Crippen molar-refractivity contribution in [1.82, 2.24) is 9.47 Å². The minimum atomic E-state index is 0.872. The molecule has 4 rings (SSSR count). The first-order valence-corrected chi connectivity index (χ1v) is 9.22. The van der Waals surface area contributed by atoms with Crippen LogP contribution in [0.15, 0.2) is 18.2 Å². The second-order valence-corrected chi connectivity index (χ2v) is 7.28. The van der Waals surface area contributed by atoms with Crippen LogP contribution in [0.2, 0.25) is 5.02 Å². The molecule has 0 unspecified atom stereocenters. The number of aromatic nitrogens is 1. The molecule has 2 aliphatic rings. The number of likely N-dealkylation sites (tertiary alicyclic amines) is 1. The van der Waals surface area contributed by atoms with Gasteiger partial charge in [-0.3, -0.25) is 0 Å². The van der Waals surface area contributed by atoms with Gasteiger partial charge in [0.2, 0.25) is 0 Å². The van der Waals surface area contributed by atoms with Crippen molar-refractivity contribution >= 4 is 22.5 Å². The summed E-state index contributed by atoms with van der Waals surface area (Å²) in [7, 11) is 0. The summed E-state index contributed by atoms with van der Waals surface area (Å²) < 4.78 is 2.60. The third kappa shape index (κ3) is 2.68. The van der Waals surface area contributed by atoms with Crippen LogP contribution < -0.4 is 0 Å². The highest BCUT2D eigenvalue weighted by molar-refractivity contribution is 6.31. The average molecular weight is 317 g/mol. The molecule has 0 amide bonds. The molecule has 1 aromatic carbocycles. The number of aryl methyl sites for hydroxylation is 1. The smallest absolute Gasteiger partial charge is 0.0486 e. The lowest BCUT2D eigenvalue weighted by atomic mass is 10.1. The summed E-state index contributed by atoms with van der Waals surface area (Å²) in [5, 5.41) is 2.28. The highest BCUT2D eigenvalue weighted by Gasteiger charge is 2.20. The first kappa shape index (κ1) is 14.6. The van der Waals surface area contributed by atoms with E-state index in [-0.39, 0.29) is 0 Å². The van der Waals surface area contributed by atoms with Gasteiger partial charge < -0.3 is 9.47 Å². The van der Waals surface area contributed by atoms with E-state index in [1.54, 1.807) is 11.3 Å². The van der Waals surface area contributed by atoms with Crippen LogP contribution >= 0.6 is 11.6 Å². The van der Waals surface area contributed by atoms with Gasteiger partial charge in [-0.1, -0.05) is 18.0 Å². The predicted octanol–water partition coefficient (Wildman–Crippen LogP) is 4.66. The highest BCUT2D eigenvalue weighted by Crippen LogP contribution is 2.33. The summed E-state index contributed by atoms with van der Waals surface area (Å²) in [6.45, 7) is 4.90. The minimum Gasteiger partial charge on any atom is -0.343 e. The Hall–Kier alpha value is -0.990. The maximum atomic E-state index is 6.27. The zero-order valence-electron chi connectivity index (χ0n) is 13.3. The number of halogens is 1. The van der Waals surface area contributed by atoms with E-state index in [0.717, 1.165) is 11.6 Å². The molecule has 118 valence electrons. The van der Waals surface area contributed by atoms with Crippen molar-refractivity contribution in [3.63, 3.8) is 0 Å². The summed E-state index contributed by atoms with van der Waals surface area (Å²) >= 11 is 6.27. The molecule has 1 aromatic heterocycles. The van der Waals surface area contributed by atoms with Gasteiger partial charge in [0.25, 0.3) is 0 Å². The van der Waals surface area contributed by atoms with Crippen LogP contribution in [0, 0.1) is 0 Å². The molecule has 1 fully saturated rings. The van der Waals surface area contributed by atoms with E-state index in [1.165, 1.54) is 75.5 Å². The van der Waals surface area contributed by atoms with Crippen LogP contribution in [0.1, 0.15) is 43.4 Å². The normalized spacial score (nSPS) is 19.5. The molecular formula is C19H25ClN2. The van der Waals surface area contributed by atoms with Crippen molar-refractivity contribution in [2.75, 3.05) is 19.6 Å². The minimum absolute atomic E-state index is 0.872. The van der Waals surface area contributed by atoms with Crippen molar-refractivity contribution in [3.05, 3.63) is 34.5 Å². The van der Waals surface area contributed by atoms with Gasteiger partial charge in [0.1, 0.15) is 0 Å². The molecule has 0 spiro atoms. The Labute approximate surface area is 138 Å². The van der Waals surface area contributed by atoms with Crippen molar-refractivity contribution in [3.8, 4) is 0 Å². The molecule has 0 radical (unpaired) electrons. The number of benzene rings is 1. The molecule has 2 heterocycles. The number of fused-ring (bicyclic) bond motifs is 3. The fourth-order valence-corrected chi connectivity index (χ4v) is 4.46. The molecule has 1 saturated heterocycles. The lowest BCUT2D eigenvalue weighted by Gasteiger charge is -2.17. The Morgan fingerprint density at radius 2 is 1.73 bits per heavy atom. The monoisotopic (exact) mass is 316 g/mol. The molecule has 0 bridgehead atoms. The Morgan fingerprint density at radius 3 is 2.59 bits per heavy atom. The molecule has 22 heavy (non-hydrogen) atoms. The van der Waals surface area contributed by atoms with Crippen LogP contribution in [0.3, 0.4) is 0 Å². The van der Waals surface area contributed by atoms with Crippen LogP contribution in [-0.2, 0) is 19.4 Å². The third-order valence-electron chi connectivity index (χ3n) is 5.43. The van der Waals surface area contributed by atoms with E-state index in [2.05, 4.69) is 27.7 Å². The molecular weight excluding hydrogens is 292 g/mol. The van der Waals surface area contributed by atoms with E-state index >= 15 is 0 Å². The zero-order chi connectivity index (χ0) is 14.9. The highest BCUT2D eigenvalue weighted by atomic mass is 35.5. The first-order valence-electron chi connectivity index (χ1n) is 8.85. The number of nitrogens with zero attached hydrogens (tertiary/aromatic N) is 2. The van der Waals surface area contributed by atoms with Crippen LogP contribution in [0.4, 0.5) is 0 Å². The summed E-state index contributed by atoms with van der Waals surface area (Å²) in [4.78, 5) is 2.62. The SMILES string of the molecule is Clc1ccc2c(c1)c1c(n2CCN2CCCC2)CCCCC1. The van der Waals surface area contributed by atoms with Gasteiger partial charge in [-0.05, 0) is 75.4 Å². The number of hydrogen-bond acceptors (Lipinski definition) is 1. The Balaban J connectivity index is 1.72. The molecule has 0 N–H and O–H groups in total. The fourth-order valence-electron chi connectivity index (χ4n) is 4.29. The lowest BCUT2D eigenvalue weighted by molar-refractivity contribution is 0.323. The Bertz CT molecular complexity index is 668. The van der Waals surface area contributed by atoms with Crippen molar-refractivity contribution < 1.29 is 0 Å². The van der Waals surface area contributed by atoms with Gasteiger partial charge in [0.15, 0.2) is 0 Å². The van der Waals surface area contributed by atoms with Gasteiger partial charge in [-0.2, -0.15) is 0 Å². The number of rotatable bonds is 3. The molecule has 3 heteroatoms. The van der Waals surface area contributed by atoms with E-state index in [4.69, 9.17) is 11.6 Å². The van der Waals surface area contributed by atoms with Gasteiger partial charge in [0.05, 0.1) is 0 Å². The largest absolute Gasteiger partial charge is 0.343 e. The summed E-state index contributed by atoms with van der Waals surface area (Å²) in [5.74, 6) is 0. The average Bonchev–Trinajstić information content (AvgIpc) is 3.04. The lowest BCUT2D eigenvalue weighted by Crippen LogP contribution is -2.24. The number of hydrogen-bond donors (Lipinski definition) is 0. The molecule has 1 aliphatic heterocycles. The van der Waals surface area contributed by atoms with E-state index in [1.807, 2.05) is 0 Å². The molecule has 0 atom stereocenters. The molecule has 2 aromatic rings. The first-order chi connectivity index (χ1) is 10.8. The maximum absolute atomic E-state index is 6.27. The summed E-state index contributed by atoms with van der Waals surface area (Å²) in [5.41, 5.74) is 4.57. The van der Waals surface area contributed by atoms with Crippen molar-refractivity contribution in [1.29, 1.82) is 0 Å². The predicted molar refractivity (Wildman–Crippen MR) is 93.9 cm³/mol. The van der Waals surface area contributed by atoms with E-state index in [9.17, 15) is 0 Å². The quantitative estimate of drug-likeness (QED) is 0.748. The fraction of sp³-hybridized carbons (Fsp3) is 0.579. The van der Waals surface area contributed by atoms with Gasteiger partial charge in [-0.15, -0.1) is 0 Å². The summed E-state index contributed by atoms with van der Waals surface area (Å²) in [6, 6.07) is 6.47. The molecule has 1 aliphatic carbocycles.